The molecule has 4 heteroatoms. The number of halogens is 1. The monoisotopic (exact) mass is 360 g/mol. The van der Waals surface area contributed by atoms with Crippen LogP contribution in [0.15, 0.2) is 46.9 Å². The van der Waals surface area contributed by atoms with Gasteiger partial charge in [-0.05, 0) is 49.6 Å². The topological polar surface area (TPSA) is 41.1 Å². The summed E-state index contributed by atoms with van der Waals surface area (Å²) in [6, 6.07) is 14.1. The molecule has 0 aliphatic heterocycles. The zero-order chi connectivity index (χ0) is 16.1. The average Bonchev–Trinajstić information content (AvgIpc) is 2.47. The maximum Gasteiger partial charge on any atom is 0.239 e. The van der Waals surface area contributed by atoms with E-state index in [9.17, 15) is 4.79 Å². The van der Waals surface area contributed by atoms with Crippen molar-refractivity contribution in [3.63, 3.8) is 0 Å². The largest absolute Gasteiger partial charge is 0.376 e. The second-order valence-electron chi connectivity index (χ2n) is 5.46. The standard InChI is InChI=1S/C18H21BrN2O/c1-12-5-4-6-13(2)18(12)20-11-17(22)21-14(3)15-7-9-16(19)10-8-15/h4-10,14,20H,11H2,1-3H3,(H,21,22). The third-order valence-electron chi connectivity index (χ3n) is 3.65. The Kier molecular flexibility index (Phi) is 5.61. The van der Waals surface area contributed by atoms with Gasteiger partial charge >= 0.3 is 0 Å². The molecule has 0 fully saturated rings. The maximum atomic E-state index is 12.1. The van der Waals surface area contributed by atoms with Gasteiger partial charge in [-0.1, -0.05) is 46.3 Å². The highest BCUT2D eigenvalue weighted by Crippen LogP contribution is 2.19. The van der Waals surface area contributed by atoms with Gasteiger partial charge in [0.05, 0.1) is 12.6 Å². The molecule has 2 aromatic rings. The number of carbonyl (C=O) groups excluding carboxylic acids is 1. The van der Waals surface area contributed by atoms with Crippen LogP contribution in [0.5, 0.6) is 0 Å². The van der Waals surface area contributed by atoms with Crippen molar-refractivity contribution in [2.24, 2.45) is 0 Å². The van der Waals surface area contributed by atoms with Crippen molar-refractivity contribution in [2.45, 2.75) is 26.8 Å². The van der Waals surface area contributed by atoms with Crippen LogP contribution in [0.4, 0.5) is 5.69 Å². The van der Waals surface area contributed by atoms with Gasteiger partial charge in [-0.3, -0.25) is 4.79 Å². The lowest BCUT2D eigenvalue weighted by atomic mass is 10.1. The first-order chi connectivity index (χ1) is 10.5. The summed E-state index contributed by atoms with van der Waals surface area (Å²) in [5, 5.41) is 6.24. The van der Waals surface area contributed by atoms with Crippen LogP contribution in [0.2, 0.25) is 0 Å². The number of para-hydroxylation sites is 1. The Morgan fingerprint density at radius 1 is 1.09 bits per heavy atom. The molecule has 2 aromatic carbocycles. The van der Waals surface area contributed by atoms with Gasteiger partial charge in [-0.15, -0.1) is 0 Å². The van der Waals surface area contributed by atoms with E-state index in [1.54, 1.807) is 0 Å². The second kappa shape index (κ2) is 7.45. The van der Waals surface area contributed by atoms with Gasteiger partial charge in [0.2, 0.25) is 5.91 Å². The minimum Gasteiger partial charge on any atom is -0.376 e. The first-order valence-electron chi connectivity index (χ1n) is 7.32. The summed E-state index contributed by atoms with van der Waals surface area (Å²) in [5.41, 5.74) is 4.42. The van der Waals surface area contributed by atoms with Crippen LogP contribution in [0, 0.1) is 13.8 Å². The minimum atomic E-state index is -0.0157. The lowest BCUT2D eigenvalue weighted by Crippen LogP contribution is -2.32. The third-order valence-corrected chi connectivity index (χ3v) is 4.18. The molecule has 3 nitrogen and oxygen atoms in total. The molecule has 0 saturated heterocycles. The Hall–Kier alpha value is -1.81. The Labute approximate surface area is 140 Å². The van der Waals surface area contributed by atoms with E-state index in [2.05, 4.69) is 26.6 Å². The van der Waals surface area contributed by atoms with Gasteiger partial charge in [0, 0.05) is 10.2 Å². The van der Waals surface area contributed by atoms with Gasteiger partial charge in [0.1, 0.15) is 0 Å². The van der Waals surface area contributed by atoms with Gasteiger partial charge in [0.15, 0.2) is 0 Å². The van der Waals surface area contributed by atoms with Crippen molar-refractivity contribution in [1.29, 1.82) is 0 Å². The fourth-order valence-corrected chi connectivity index (χ4v) is 2.65. The summed E-state index contributed by atoms with van der Waals surface area (Å²) in [5.74, 6) is -0.0157. The highest BCUT2D eigenvalue weighted by molar-refractivity contribution is 9.10. The maximum absolute atomic E-state index is 12.1. The molecule has 0 aliphatic rings. The molecule has 1 atom stereocenters. The van der Waals surface area contributed by atoms with Crippen molar-refractivity contribution in [3.8, 4) is 0 Å². The lowest BCUT2D eigenvalue weighted by Gasteiger charge is -2.16. The molecule has 22 heavy (non-hydrogen) atoms. The quantitative estimate of drug-likeness (QED) is 0.831. The number of rotatable bonds is 5. The smallest absolute Gasteiger partial charge is 0.239 e. The SMILES string of the molecule is Cc1cccc(C)c1NCC(=O)NC(C)c1ccc(Br)cc1. The normalized spacial score (nSPS) is 11.8. The number of carbonyl (C=O) groups is 1. The lowest BCUT2D eigenvalue weighted by molar-refractivity contribution is -0.120. The van der Waals surface area contributed by atoms with E-state index in [-0.39, 0.29) is 18.5 Å². The van der Waals surface area contributed by atoms with Gasteiger partial charge in [-0.25, -0.2) is 0 Å². The number of nitrogens with one attached hydrogen (secondary N) is 2. The Balaban J connectivity index is 1.91. The molecule has 0 heterocycles. The fraction of sp³-hybridized carbons (Fsp3) is 0.278. The average molecular weight is 361 g/mol. The van der Waals surface area contributed by atoms with Crippen LogP contribution in [0.25, 0.3) is 0 Å². The second-order valence-corrected chi connectivity index (χ2v) is 6.38. The van der Waals surface area contributed by atoms with Crippen molar-refractivity contribution in [2.75, 3.05) is 11.9 Å². The number of anilines is 1. The molecule has 2 rings (SSSR count). The molecule has 0 radical (unpaired) electrons. The zero-order valence-corrected chi connectivity index (χ0v) is 14.7. The first kappa shape index (κ1) is 16.6. The zero-order valence-electron chi connectivity index (χ0n) is 13.1. The summed E-state index contributed by atoms with van der Waals surface area (Å²) >= 11 is 3.41. The molecular weight excluding hydrogens is 340 g/mol. The van der Waals surface area contributed by atoms with Gasteiger partial charge in [0.25, 0.3) is 0 Å². The Morgan fingerprint density at radius 2 is 1.68 bits per heavy atom. The van der Waals surface area contributed by atoms with Gasteiger partial charge in [-0.2, -0.15) is 0 Å². The summed E-state index contributed by atoms with van der Waals surface area (Å²) < 4.78 is 1.03. The molecule has 1 amide bonds. The first-order valence-corrected chi connectivity index (χ1v) is 8.11. The summed E-state index contributed by atoms with van der Waals surface area (Å²) in [4.78, 5) is 12.1. The van der Waals surface area contributed by atoms with E-state index >= 15 is 0 Å². The van der Waals surface area contributed by atoms with Gasteiger partial charge < -0.3 is 10.6 Å². The van der Waals surface area contributed by atoms with Crippen molar-refractivity contribution >= 4 is 27.5 Å². The molecule has 0 bridgehead atoms. The van der Waals surface area contributed by atoms with E-state index < -0.39 is 0 Å². The number of hydrogen-bond donors (Lipinski definition) is 2. The number of aryl methyl sites for hydroxylation is 2. The van der Waals surface area contributed by atoms with E-state index in [4.69, 9.17) is 0 Å². The highest BCUT2D eigenvalue weighted by atomic mass is 79.9. The summed E-state index contributed by atoms with van der Waals surface area (Å²) in [7, 11) is 0. The molecule has 0 aromatic heterocycles. The van der Waals surface area contributed by atoms with E-state index in [0.29, 0.717) is 0 Å². The van der Waals surface area contributed by atoms with Crippen molar-refractivity contribution in [1.82, 2.24) is 5.32 Å². The summed E-state index contributed by atoms with van der Waals surface area (Å²) in [6.45, 7) is 6.34. The van der Waals surface area contributed by atoms with E-state index in [1.807, 2.05) is 63.2 Å². The Bertz CT molecular complexity index is 632. The van der Waals surface area contributed by atoms with E-state index in [1.165, 1.54) is 0 Å². The molecule has 0 saturated carbocycles. The molecule has 116 valence electrons. The number of amides is 1. The molecule has 1 unspecified atom stereocenters. The summed E-state index contributed by atoms with van der Waals surface area (Å²) in [6.07, 6.45) is 0. The third kappa shape index (κ3) is 4.34. The number of benzene rings is 2. The molecule has 0 spiro atoms. The minimum absolute atomic E-state index is 0.0135. The van der Waals surface area contributed by atoms with Crippen LogP contribution in [0.3, 0.4) is 0 Å². The van der Waals surface area contributed by atoms with E-state index in [0.717, 1.165) is 26.9 Å². The van der Waals surface area contributed by atoms with Crippen molar-refractivity contribution in [3.05, 3.63) is 63.6 Å². The molecule has 0 aliphatic carbocycles. The predicted octanol–water partition coefficient (Wildman–Crippen LogP) is 4.36. The number of hydrogen-bond acceptors (Lipinski definition) is 2. The van der Waals surface area contributed by atoms with Crippen LogP contribution in [0.1, 0.15) is 29.7 Å². The van der Waals surface area contributed by atoms with Crippen LogP contribution in [-0.2, 0) is 4.79 Å². The molecular formula is C18H21BrN2O. The molecule has 2 N–H and O–H groups in total. The van der Waals surface area contributed by atoms with Crippen LogP contribution >= 0.6 is 15.9 Å². The highest BCUT2D eigenvalue weighted by Gasteiger charge is 2.10. The predicted molar refractivity (Wildman–Crippen MR) is 95.1 cm³/mol. The fourth-order valence-electron chi connectivity index (χ4n) is 2.39. The Morgan fingerprint density at radius 3 is 2.27 bits per heavy atom. The van der Waals surface area contributed by atoms with Crippen molar-refractivity contribution < 1.29 is 4.79 Å². The van der Waals surface area contributed by atoms with Crippen LogP contribution in [-0.4, -0.2) is 12.5 Å². The van der Waals surface area contributed by atoms with Crippen LogP contribution < -0.4 is 10.6 Å².